The number of hydrogen-bond acceptors (Lipinski definition) is 2. The summed E-state index contributed by atoms with van der Waals surface area (Å²) in [5.74, 6) is 0. The van der Waals surface area contributed by atoms with E-state index in [0.29, 0.717) is 5.71 Å². The molecule has 0 radical (unpaired) electrons. The van der Waals surface area contributed by atoms with E-state index >= 15 is 0 Å². The van der Waals surface area contributed by atoms with E-state index < -0.39 is 0 Å². The van der Waals surface area contributed by atoms with Crippen molar-refractivity contribution >= 4 is 5.71 Å². The summed E-state index contributed by atoms with van der Waals surface area (Å²) >= 11 is 0. The maximum Gasteiger partial charge on any atom is 0.0582 e. The standard InChI is InChI=1S/C10H18N2/c1-5-8(2)6-10(11)9(3)7-12-4/h6-7,11-12H,5H2,1-4H3/b8-6-,9-7-,11-10?. The lowest BCUT2D eigenvalue weighted by Crippen LogP contribution is -2.01. The van der Waals surface area contributed by atoms with Gasteiger partial charge in [0.1, 0.15) is 0 Å². The molecule has 68 valence electrons. The Morgan fingerprint density at radius 3 is 2.42 bits per heavy atom. The second-order valence-electron chi connectivity index (χ2n) is 2.87. The van der Waals surface area contributed by atoms with E-state index in [2.05, 4.69) is 12.2 Å². The second-order valence-corrected chi connectivity index (χ2v) is 2.87. The van der Waals surface area contributed by atoms with Crippen molar-refractivity contribution in [2.75, 3.05) is 7.05 Å². The maximum atomic E-state index is 7.65. The number of hydrogen-bond donors (Lipinski definition) is 2. The molecule has 0 aromatic heterocycles. The van der Waals surface area contributed by atoms with Crippen molar-refractivity contribution < 1.29 is 0 Å². The first-order valence-electron chi connectivity index (χ1n) is 4.22. The number of nitrogens with one attached hydrogen (secondary N) is 2. The molecule has 0 aromatic carbocycles. The molecule has 0 spiro atoms. The van der Waals surface area contributed by atoms with E-state index in [1.807, 2.05) is 33.2 Å². The van der Waals surface area contributed by atoms with Gasteiger partial charge in [0.05, 0.1) is 5.71 Å². The minimum absolute atomic E-state index is 0.587. The fourth-order valence-corrected chi connectivity index (χ4v) is 0.757. The maximum absolute atomic E-state index is 7.65. The fraction of sp³-hybridized carbons (Fsp3) is 0.500. The van der Waals surface area contributed by atoms with E-state index in [4.69, 9.17) is 5.41 Å². The summed E-state index contributed by atoms with van der Waals surface area (Å²) in [6, 6.07) is 0. The van der Waals surface area contributed by atoms with E-state index in [1.54, 1.807) is 0 Å². The van der Waals surface area contributed by atoms with Crippen molar-refractivity contribution in [1.82, 2.24) is 5.32 Å². The van der Waals surface area contributed by atoms with Crippen LogP contribution < -0.4 is 5.32 Å². The van der Waals surface area contributed by atoms with Crippen molar-refractivity contribution in [3.05, 3.63) is 23.4 Å². The van der Waals surface area contributed by atoms with Crippen LogP contribution in [-0.4, -0.2) is 12.8 Å². The van der Waals surface area contributed by atoms with Gasteiger partial charge in [0.25, 0.3) is 0 Å². The molecule has 0 unspecified atom stereocenters. The molecule has 0 bridgehead atoms. The van der Waals surface area contributed by atoms with Crippen LogP contribution in [0.2, 0.25) is 0 Å². The summed E-state index contributed by atoms with van der Waals surface area (Å²) in [5.41, 5.74) is 2.79. The lowest BCUT2D eigenvalue weighted by molar-refractivity contribution is 1.08. The summed E-state index contributed by atoms with van der Waals surface area (Å²) in [6.07, 6.45) is 4.75. The second kappa shape index (κ2) is 5.58. The van der Waals surface area contributed by atoms with Crippen molar-refractivity contribution in [3.63, 3.8) is 0 Å². The molecule has 0 fully saturated rings. The van der Waals surface area contributed by atoms with Crippen LogP contribution in [-0.2, 0) is 0 Å². The zero-order valence-electron chi connectivity index (χ0n) is 8.36. The lowest BCUT2D eigenvalue weighted by Gasteiger charge is -2.00. The summed E-state index contributed by atoms with van der Waals surface area (Å²) < 4.78 is 0. The van der Waals surface area contributed by atoms with Gasteiger partial charge in [-0.1, -0.05) is 12.5 Å². The topological polar surface area (TPSA) is 35.9 Å². The molecule has 0 aliphatic rings. The minimum Gasteiger partial charge on any atom is -0.394 e. The van der Waals surface area contributed by atoms with Gasteiger partial charge in [-0.25, -0.2) is 0 Å². The largest absolute Gasteiger partial charge is 0.394 e. The molecule has 0 aliphatic carbocycles. The van der Waals surface area contributed by atoms with Gasteiger partial charge in [0.2, 0.25) is 0 Å². The Labute approximate surface area is 74.9 Å². The molecule has 0 rings (SSSR count). The third kappa shape index (κ3) is 3.96. The molecule has 0 saturated heterocycles. The Kier molecular flexibility index (Phi) is 5.09. The molecule has 0 heterocycles. The van der Waals surface area contributed by atoms with Crippen LogP contribution in [0.25, 0.3) is 0 Å². The Morgan fingerprint density at radius 2 is 2.00 bits per heavy atom. The van der Waals surface area contributed by atoms with Crippen LogP contribution in [0.3, 0.4) is 0 Å². The first-order chi connectivity index (χ1) is 5.61. The molecular formula is C10H18N2. The van der Waals surface area contributed by atoms with Crippen LogP contribution in [0, 0.1) is 5.41 Å². The first-order valence-corrected chi connectivity index (χ1v) is 4.22. The van der Waals surface area contributed by atoms with E-state index in [9.17, 15) is 0 Å². The highest BCUT2D eigenvalue weighted by molar-refractivity contribution is 6.05. The van der Waals surface area contributed by atoms with Gasteiger partial charge in [-0.3, -0.25) is 0 Å². The zero-order valence-corrected chi connectivity index (χ0v) is 8.36. The summed E-state index contributed by atoms with van der Waals surface area (Å²) in [6.45, 7) is 6.07. The Hall–Kier alpha value is -1.05. The van der Waals surface area contributed by atoms with E-state index in [0.717, 1.165) is 12.0 Å². The molecule has 0 aromatic rings. The SMILES string of the molecule is CC/C(C)=C\C(=N)/C(C)=C\NC. The summed E-state index contributed by atoms with van der Waals surface area (Å²) in [4.78, 5) is 0. The predicted molar refractivity (Wildman–Crippen MR) is 54.6 cm³/mol. The van der Waals surface area contributed by atoms with Gasteiger partial charge in [0.15, 0.2) is 0 Å². The van der Waals surface area contributed by atoms with Gasteiger partial charge in [-0.15, -0.1) is 0 Å². The Balaban J connectivity index is 4.32. The third-order valence-electron chi connectivity index (χ3n) is 1.73. The molecule has 0 saturated carbocycles. The van der Waals surface area contributed by atoms with Gasteiger partial charge >= 0.3 is 0 Å². The van der Waals surface area contributed by atoms with Gasteiger partial charge in [0, 0.05) is 13.2 Å². The highest BCUT2D eigenvalue weighted by Crippen LogP contribution is 2.02. The predicted octanol–water partition coefficient (Wildman–Crippen LogP) is 2.49. The average molecular weight is 166 g/mol. The highest BCUT2D eigenvalue weighted by Gasteiger charge is 1.94. The summed E-state index contributed by atoms with van der Waals surface area (Å²) in [5, 5.41) is 10.6. The average Bonchev–Trinajstić information content (AvgIpc) is 2.04. The van der Waals surface area contributed by atoms with Crippen molar-refractivity contribution in [1.29, 1.82) is 5.41 Å². The highest BCUT2D eigenvalue weighted by atomic mass is 14.8. The Bertz CT molecular complexity index is 212. The Morgan fingerprint density at radius 1 is 1.42 bits per heavy atom. The van der Waals surface area contributed by atoms with Gasteiger partial charge in [-0.2, -0.15) is 0 Å². The summed E-state index contributed by atoms with van der Waals surface area (Å²) in [7, 11) is 1.84. The van der Waals surface area contributed by atoms with Crippen LogP contribution in [0.1, 0.15) is 27.2 Å². The molecule has 0 atom stereocenters. The lowest BCUT2D eigenvalue weighted by atomic mass is 10.1. The molecule has 2 heteroatoms. The van der Waals surface area contributed by atoms with Crippen LogP contribution in [0.15, 0.2) is 23.4 Å². The van der Waals surface area contributed by atoms with Crippen LogP contribution >= 0.6 is 0 Å². The van der Waals surface area contributed by atoms with Gasteiger partial charge < -0.3 is 10.7 Å². The monoisotopic (exact) mass is 166 g/mol. The molecule has 0 aliphatic heterocycles. The van der Waals surface area contributed by atoms with Crippen molar-refractivity contribution in [2.45, 2.75) is 27.2 Å². The van der Waals surface area contributed by atoms with Crippen molar-refractivity contribution in [2.24, 2.45) is 0 Å². The molecular weight excluding hydrogens is 148 g/mol. The normalized spacial score (nSPS) is 13.0. The fourth-order valence-electron chi connectivity index (χ4n) is 0.757. The van der Waals surface area contributed by atoms with Crippen molar-refractivity contribution in [3.8, 4) is 0 Å². The third-order valence-corrected chi connectivity index (χ3v) is 1.73. The molecule has 12 heavy (non-hydrogen) atoms. The molecule has 2 nitrogen and oxygen atoms in total. The smallest absolute Gasteiger partial charge is 0.0582 e. The molecule has 0 amide bonds. The first kappa shape index (κ1) is 11.0. The number of allylic oxidation sites excluding steroid dienone is 3. The van der Waals surface area contributed by atoms with Crippen LogP contribution in [0.5, 0.6) is 0 Å². The van der Waals surface area contributed by atoms with E-state index in [1.165, 1.54) is 5.57 Å². The van der Waals surface area contributed by atoms with Gasteiger partial charge in [-0.05, 0) is 31.9 Å². The zero-order chi connectivity index (χ0) is 9.56. The van der Waals surface area contributed by atoms with Crippen LogP contribution in [0.4, 0.5) is 0 Å². The quantitative estimate of drug-likeness (QED) is 0.618. The molecule has 2 N–H and O–H groups in total. The minimum atomic E-state index is 0.587. The number of rotatable bonds is 4. The van der Waals surface area contributed by atoms with E-state index in [-0.39, 0.29) is 0 Å².